The van der Waals surface area contributed by atoms with Crippen molar-refractivity contribution in [3.63, 3.8) is 0 Å². The van der Waals surface area contributed by atoms with E-state index in [4.69, 9.17) is 15.0 Å². The van der Waals surface area contributed by atoms with Crippen LogP contribution in [0, 0.1) is 56.5 Å². The van der Waals surface area contributed by atoms with Gasteiger partial charge in [0, 0.05) is 13.0 Å². The summed E-state index contributed by atoms with van der Waals surface area (Å²) in [6.07, 6.45) is 11.3. The highest BCUT2D eigenvalue weighted by Crippen LogP contribution is 2.66. The van der Waals surface area contributed by atoms with E-state index in [2.05, 4.69) is 50.2 Å². The summed E-state index contributed by atoms with van der Waals surface area (Å²) in [4.78, 5) is 42.4. The maximum absolute atomic E-state index is 14.0. The Morgan fingerprint density at radius 1 is 1.04 bits per heavy atom. The molecule has 12 nitrogen and oxygen atoms in total. The van der Waals surface area contributed by atoms with Crippen molar-refractivity contribution in [2.24, 2.45) is 57.1 Å². The molecule has 0 unspecified atom stereocenters. The Balaban J connectivity index is 1.13. The summed E-state index contributed by atoms with van der Waals surface area (Å²) in [5.74, 6) is 2.54. The predicted octanol–water partition coefficient (Wildman–Crippen LogP) is 3.75. The number of hydrogen-bond donors (Lipinski definition) is 4. The number of hydrazine groups is 1. The minimum atomic E-state index is -0.776. The van der Waals surface area contributed by atoms with E-state index < -0.39 is 18.2 Å². The van der Waals surface area contributed by atoms with E-state index in [0.717, 1.165) is 49.9 Å². The SMILES string of the molecule is CC(C)C[C@H](NC(=O)[C@H](CCCN=C(N)N[N+](=O)[O-])NC(=O)CC12CC3CC(CC(C3)C1)C2)B1O[C@@H]2C[C@@H]3C[C@@H](C3(C)C)[C@]2(C)O1. The quantitative estimate of drug-likeness (QED) is 0.0588. The second-order valence-electron chi connectivity index (χ2n) is 17.1. The fraction of sp³-hybridized carbons (Fsp3) is 0.909. The molecule has 6 bridgehead atoms. The van der Waals surface area contributed by atoms with Crippen LogP contribution in [0.3, 0.4) is 0 Å². The highest BCUT2D eigenvalue weighted by molar-refractivity contribution is 6.48. The molecule has 2 amide bonds. The molecule has 0 aromatic rings. The standard InChI is InChI=1S/C33H55BN6O6/c1-19(2)9-27(34-45-26-14-23-13-25(31(23,3)4)32(26,5)46-34)38-29(42)24(7-6-8-36-30(35)39-40(43)44)37-28(41)18-33-15-20-10-21(16-33)12-22(11-20)17-33/h19-27H,6-18H2,1-5H3,(H,37,41)(H,38,42)(H3,35,36,39)/t20?,21?,22?,23-,24-,25-,26+,27-,32-,33?/m0/s1. The number of nitrogens with one attached hydrogen (secondary N) is 3. The smallest absolute Gasteiger partial charge is 0.404 e. The van der Waals surface area contributed by atoms with Crippen LogP contribution >= 0.6 is 0 Å². The fourth-order valence-electron chi connectivity index (χ4n) is 11.1. The van der Waals surface area contributed by atoms with E-state index in [1.165, 1.54) is 19.3 Å². The number of guanidine groups is 1. The molecule has 1 heterocycles. The van der Waals surface area contributed by atoms with Gasteiger partial charge in [-0.25, -0.2) is 15.1 Å². The zero-order valence-corrected chi connectivity index (χ0v) is 28.4. The summed E-state index contributed by atoms with van der Waals surface area (Å²) in [6, 6.07) is -0.776. The molecule has 0 spiro atoms. The molecule has 0 radical (unpaired) electrons. The highest BCUT2D eigenvalue weighted by atomic mass is 16.7. The van der Waals surface area contributed by atoms with Crippen molar-refractivity contribution >= 4 is 24.9 Å². The van der Waals surface area contributed by atoms with Gasteiger partial charge in [0.2, 0.25) is 11.8 Å². The molecule has 6 atom stereocenters. The molecule has 8 aliphatic rings. The van der Waals surface area contributed by atoms with Crippen molar-refractivity contribution in [3.8, 4) is 0 Å². The average Bonchev–Trinajstić information content (AvgIpc) is 3.29. The van der Waals surface area contributed by atoms with Crippen LogP contribution in [-0.2, 0) is 18.9 Å². The minimum Gasteiger partial charge on any atom is -0.404 e. The van der Waals surface area contributed by atoms with Crippen molar-refractivity contribution in [1.82, 2.24) is 16.1 Å². The van der Waals surface area contributed by atoms with Crippen LogP contribution in [0.2, 0.25) is 0 Å². The zero-order valence-electron chi connectivity index (χ0n) is 28.4. The lowest BCUT2D eigenvalue weighted by Crippen LogP contribution is -2.65. The number of carbonyl (C=O) groups excluding carboxylic acids is 2. The van der Waals surface area contributed by atoms with Gasteiger partial charge in [-0.3, -0.25) is 9.59 Å². The molecule has 5 N–H and O–H groups in total. The van der Waals surface area contributed by atoms with Gasteiger partial charge >= 0.3 is 7.12 Å². The first-order valence-electron chi connectivity index (χ1n) is 17.8. The molecule has 8 fully saturated rings. The van der Waals surface area contributed by atoms with Crippen LogP contribution < -0.4 is 21.8 Å². The Morgan fingerprint density at radius 3 is 2.28 bits per heavy atom. The first-order chi connectivity index (χ1) is 21.7. The Hall–Kier alpha value is -2.41. The number of nitrogens with two attached hydrogens (primary N) is 1. The predicted molar refractivity (Wildman–Crippen MR) is 175 cm³/mol. The van der Waals surface area contributed by atoms with Crippen molar-refractivity contribution in [1.29, 1.82) is 0 Å². The number of hydrogen-bond acceptors (Lipinski definition) is 7. The summed E-state index contributed by atoms with van der Waals surface area (Å²) in [5, 5.41) is 16.3. The number of nitrogens with zero attached hydrogens (tertiary/aromatic N) is 2. The van der Waals surface area contributed by atoms with Gasteiger partial charge in [0.15, 0.2) is 5.03 Å². The molecule has 7 saturated carbocycles. The maximum Gasteiger partial charge on any atom is 0.481 e. The first-order valence-corrected chi connectivity index (χ1v) is 17.8. The number of carbonyl (C=O) groups is 2. The zero-order chi connectivity index (χ0) is 33.0. The second kappa shape index (κ2) is 12.6. The van der Waals surface area contributed by atoms with Crippen molar-refractivity contribution < 1.29 is 23.9 Å². The largest absolute Gasteiger partial charge is 0.481 e. The van der Waals surface area contributed by atoms with Crippen molar-refractivity contribution in [2.45, 2.75) is 135 Å². The molecule has 0 aromatic carbocycles. The van der Waals surface area contributed by atoms with Gasteiger partial charge in [0.05, 0.1) is 17.6 Å². The number of aliphatic imine (C=N–C) groups is 1. The van der Waals surface area contributed by atoms with E-state index in [0.29, 0.717) is 37.5 Å². The van der Waals surface area contributed by atoms with E-state index in [9.17, 15) is 19.7 Å². The molecule has 1 aliphatic heterocycles. The molecular weight excluding hydrogens is 587 g/mol. The summed E-state index contributed by atoms with van der Waals surface area (Å²) in [7, 11) is -0.558. The Kier molecular flexibility index (Phi) is 9.15. The Bertz CT molecular complexity index is 1190. The van der Waals surface area contributed by atoms with E-state index in [1.54, 1.807) is 0 Å². The molecular formula is C33H55BN6O6. The Morgan fingerprint density at radius 2 is 1.70 bits per heavy atom. The van der Waals surface area contributed by atoms with Crippen LogP contribution in [0.1, 0.15) is 112 Å². The molecule has 7 aliphatic carbocycles. The summed E-state index contributed by atoms with van der Waals surface area (Å²) < 4.78 is 13.3. The van der Waals surface area contributed by atoms with Gasteiger partial charge in [0.25, 0.3) is 5.96 Å². The molecule has 256 valence electrons. The molecule has 46 heavy (non-hydrogen) atoms. The highest BCUT2D eigenvalue weighted by Gasteiger charge is 2.68. The number of rotatable bonds is 13. The van der Waals surface area contributed by atoms with Gasteiger partial charge in [0.1, 0.15) is 6.04 Å². The second-order valence-corrected chi connectivity index (χ2v) is 17.1. The molecule has 1 saturated heterocycles. The maximum atomic E-state index is 14.0. The molecule has 8 rings (SSSR count). The lowest BCUT2D eigenvalue weighted by atomic mass is 9.43. The van der Waals surface area contributed by atoms with Gasteiger partial charge in [-0.15, -0.1) is 0 Å². The monoisotopic (exact) mass is 642 g/mol. The van der Waals surface area contributed by atoms with Gasteiger partial charge in [-0.2, -0.15) is 0 Å². The third-order valence-electron chi connectivity index (χ3n) is 12.8. The summed E-state index contributed by atoms with van der Waals surface area (Å²) >= 11 is 0. The van der Waals surface area contributed by atoms with E-state index in [-0.39, 0.29) is 58.7 Å². The minimum absolute atomic E-state index is 0.00714. The van der Waals surface area contributed by atoms with Gasteiger partial charge in [-0.1, -0.05) is 33.1 Å². The summed E-state index contributed by atoms with van der Waals surface area (Å²) in [5.41, 5.74) is 7.32. The van der Waals surface area contributed by atoms with E-state index in [1.807, 2.05) is 5.43 Å². The summed E-state index contributed by atoms with van der Waals surface area (Å²) in [6.45, 7) is 11.3. The third-order valence-corrected chi connectivity index (χ3v) is 12.8. The Labute approximate surface area is 273 Å². The normalized spacial score (nSPS) is 38.1. The molecule has 0 aromatic heterocycles. The lowest BCUT2D eigenvalue weighted by molar-refractivity contribution is -0.525. The topological polar surface area (TPSA) is 170 Å². The fourth-order valence-corrected chi connectivity index (χ4v) is 11.1. The number of nitro groups is 1. The lowest BCUT2D eigenvalue weighted by Gasteiger charge is -2.64. The van der Waals surface area contributed by atoms with Gasteiger partial charge in [-0.05, 0) is 124 Å². The average molecular weight is 643 g/mol. The van der Waals surface area contributed by atoms with Crippen LogP contribution in [0.5, 0.6) is 0 Å². The molecule has 13 heteroatoms. The third kappa shape index (κ3) is 6.64. The van der Waals surface area contributed by atoms with Crippen molar-refractivity contribution in [3.05, 3.63) is 10.1 Å². The van der Waals surface area contributed by atoms with Crippen LogP contribution in [0.15, 0.2) is 4.99 Å². The van der Waals surface area contributed by atoms with Crippen molar-refractivity contribution in [2.75, 3.05) is 6.54 Å². The number of amides is 2. The van der Waals surface area contributed by atoms with Gasteiger partial charge < -0.3 is 25.7 Å². The van der Waals surface area contributed by atoms with Crippen LogP contribution in [-0.4, -0.2) is 60.2 Å². The van der Waals surface area contributed by atoms with E-state index >= 15 is 0 Å². The first kappa shape index (κ1) is 33.5. The van der Waals surface area contributed by atoms with Crippen LogP contribution in [0.4, 0.5) is 0 Å². The van der Waals surface area contributed by atoms with Crippen LogP contribution in [0.25, 0.3) is 0 Å².